The number of ether oxygens (including phenoxy) is 1. The molecule has 0 radical (unpaired) electrons. The lowest BCUT2D eigenvalue weighted by molar-refractivity contribution is 0.00996. The summed E-state index contributed by atoms with van der Waals surface area (Å²) >= 11 is 0. The lowest BCUT2D eigenvalue weighted by Crippen LogP contribution is -2.36. The molecule has 1 aliphatic carbocycles. The highest BCUT2D eigenvalue weighted by Crippen LogP contribution is 2.19. The first-order chi connectivity index (χ1) is 7.84. The fourth-order valence-corrected chi connectivity index (χ4v) is 2.86. The summed E-state index contributed by atoms with van der Waals surface area (Å²) in [5.41, 5.74) is 5.95. The number of hydrogen-bond acceptors (Lipinski definition) is 3. The Morgan fingerprint density at radius 2 is 1.88 bits per heavy atom. The molecule has 0 amide bonds. The number of nitrogens with zero attached hydrogens (tertiary/aromatic N) is 1. The van der Waals surface area contributed by atoms with Crippen molar-refractivity contribution in [1.29, 1.82) is 0 Å². The highest BCUT2D eigenvalue weighted by Gasteiger charge is 2.19. The maximum Gasteiger partial charge on any atom is 0.0597 e. The number of piperidine rings is 1. The molecule has 2 atom stereocenters. The van der Waals surface area contributed by atoms with Gasteiger partial charge in [-0.05, 0) is 51.6 Å². The van der Waals surface area contributed by atoms with Crippen LogP contribution in [0.5, 0.6) is 0 Å². The smallest absolute Gasteiger partial charge is 0.0597 e. The average molecular weight is 226 g/mol. The van der Waals surface area contributed by atoms with Crippen molar-refractivity contribution in [3.63, 3.8) is 0 Å². The van der Waals surface area contributed by atoms with Crippen LogP contribution in [0.1, 0.15) is 44.9 Å². The molecule has 2 N–H and O–H groups in total. The second-order valence-electron chi connectivity index (χ2n) is 5.32. The van der Waals surface area contributed by atoms with Gasteiger partial charge < -0.3 is 15.4 Å². The molecule has 1 aliphatic heterocycles. The standard InChI is InChI=1S/C13H26N2O/c14-12-5-4-6-13(11-12)16-10-9-15-7-2-1-3-8-15/h12-13H,1-11,14H2. The minimum atomic E-state index is 0.383. The summed E-state index contributed by atoms with van der Waals surface area (Å²) in [5, 5.41) is 0. The van der Waals surface area contributed by atoms with E-state index < -0.39 is 0 Å². The largest absolute Gasteiger partial charge is 0.377 e. The average Bonchev–Trinajstić information content (AvgIpc) is 2.30. The molecule has 2 fully saturated rings. The van der Waals surface area contributed by atoms with E-state index >= 15 is 0 Å². The monoisotopic (exact) mass is 226 g/mol. The number of hydrogen-bond donors (Lipinski definition) is 1. The Kier molecular flexibility index (Phi) is 5.07. The maximum atomic E-state index is 5.95. The van der Waals surface area contributed by atoms with Crippen LogP contribution in [0.3, 0.4) is 0 Å². The fraction of sp³-hybridized carbons (Fsp3) is 1.00. The Hall–Kier alpha value is -0.120. The quantitative estimate of drug-likeness (QED) is 0.794. The number of nitrogens with two attached hydrogens (primary N) is 1. The first-order valence-electron chi connectivity index (χ1n) is 6.94. The van der Waals surface area contributed by atoms with Crippen molar-refractivity contribution < 1.29 is 4.74 Å². The van der Waals surface area contributed by atoms with Crippen molar-refractivity contribution in [2.75, 3.05) is 26.2 Å². The van der Waals surface area contributed by atoms with Crippen molar-refractivity contribution in [1.82, 2.24) is 4.90 Å². The van der Waals surface area contributed by atoms with Crippen molar-refractivity contribution in [2.24, 2.45) is 5.73 Å². The molecule has 16 heavy (non-hydrogen) atoms. The predicted octanol–water partition coefficient (Wildman–Crippen LogP) is 1.76. The van der Waals surface area contributed by atoms with Crippen LogP contribution in [0.2, 0.25) is 0 Å². The topological polar surface area (TPSA) is 38.5 Å². The molecule has 2 unspecified atom stereocenters. The Morgan fingerprint density at radius 1 is 1.06 bits per heavy atom. The van der Waals surface area contributed by atoms with Gasteiger partial charge in [0.05, 0.1) is 12.7 Å². The molecular weight excluding hydrogens is 200 g/mol. The van der Waals surface area contributed by atoms with Crippen molar-refractivity contribution in [3.05, 3.63) is 0 Å². The molecule has 0 aromatic carbocycles. The third kappa shape index (κ3) is 4.04. The van der Waals surface area contributed by atoms with E-state index in [1.54, 1.807) is 0 Å². The number of likely N-dealkylation sites (tertiary alicyclic amines) is 1. The van der Waals surface area contributed by atoms with E-state index in [1.807, 2.05) is 0 Å². The summed E-state index contributed by atoms with van der Waals surface area (Å²) in [5.74, 6) is 0. The highest BCUT2D eigenvalue weighted by molar-refractivity contribution is 4.75. The summed E-state index contributed by atoms with van der Waals surface area (Å²) in [7, 11) is 0. The van der Waals surface area contributed by atoms with Crippen molar-refractivity contribution in [2.45, 2.75) is 57.1 Å². The Labute approximate surface area is 99.3 Å². The van der Waals surface area contributed by atoms with Crippen LogP contribution in [0.25, 0.3) is 0 Å². The maximum absolute atomic E-state index is 5.95. The second kappa shape index (κ2) is 6.58. The number of rotatable bonds is 4. The molecule has 0 aromatic heterocycles. The molecule has 3 heteroatoms. The molecule has 94 valence electrons. The van der Waals surface area contributed by atoms with Crippen LogP contribution in [-0.2, 0) is 4.74 Å². The normalized spacial score (nSPS) is 32.8. The van der Waals surface area contributed by atoms with Gasteiger partial charge in [0, 0.05) is 12.6 Å². The van der Waals surface area contributed by atoms with Crippen LogP contribution in [-0.4, -0.2) is 43.3 Å². The molecule has 1 saturated carbocycles. The summed E-state index contributed by atoms with van der Waals surface area (Å²) < 4.78 is 5.93. The van der Waals surface area contributed by atoms with Gasteiger partial charge in [0.2, 0.25) is 0 Å². The molecular formula is C13H26N2O. The lowest BCUT2D eigenvalue weighted by atomic mass is 9.94. The Bertz CT molecular complexity index is 192. The van der Waals surface area contributed by atoms with E-state index in [-0.39, 0.29) is 0 Å². The van der Waals surface area contributed by atoms with E-state index in [2.05, 4.69) is 4.90 Å². The van der Waals surface area contributed by atoms with Crippen LogP contribution in [0.15, 0.2) is 0 Å². The summed E-state index contributed by atoms with van der Waals surface area (Å²) in [6, 6.07) is 0.383. The summed E-state index contributed by atoms with van der Waals surface area (Å²) in [6.45, 7) is 4.56. The van der Waals surface area contributed by atoms with Crippen molar-refractivity contribution in [3.8, 4) is 0 Å². The molecule has 3 nitrogen and oxygen atoms in total. The summed E-state index contributed by atoms with van der Waals surface area (Å²) in [6.07, 6.45) is 9.31. The van der Waals surface area contributed by atoms with Gasteiger partial charge in [-0.2, -0.15) is 0 Å². The van der Waals surface area contributed by atoms with E-state index in [0.717, 1.165) is 19.6 Å². The van der Waals surface area contributed by atoms with Crippen LogP contribution in [0, 0.1) is 0 Å². The van der Waals surface area contributed by atoms with Crippen LogP contribution < -0.4 is 5.73 Å². The first kappa shape index (κ1) is 12.3. The van der Waals surface area contributed by atoms with Gasteiger partial charge in [-0.1, -0.05) is 6.42 Å². The first-order valence-corrected chi connectivity index (χ1v) is 6.94. The Morgan fingerprint density at radius 3 is 2.62 bits per heavy atom. The fourth-order valence-electron chi connectivity index (χ4n) is 2.86. The molecule has 1 saturated heterocycles. The lowest BCUT2D eigenvalue weighted by Gasteiger charge is -2.29. The van der Waals surface area contributed by atoms with Gasteiger partial charge in [-0.25, -0.2) is 0 Å². The van der Waals surface area contributed by atoms with Gasteiger partial charge in [-0.3, -0.25) is 0 Å². The van der Waals surface area contributed by atoms with Crippen LogP contribution >= 0.6 is 0 Å². The molecule has 0 bridgehead atoms. The SMILES string of the molecule is NC1CCCC(OCCN2CCCCC2)C1. The molecule has 1 heterocycles. The third-order valence-electron chi connectivity index (χ3n) is 3.88. The van der Waals surface area contributed by atoms with E-state index in [0.29, 0.717) is 12.1 Å². The van der Waals surface area contributed by atoms with Gasteiger partial charge in [0.15, 0.2) is 0 Å². The molecule has 0 aromatic rings. The van der Waals surface area contributed by atoms with Crippen LogP contribution in [0.4, 0.5) is 0 Å². The Balaban J connectivity index is 1.56. The minimum absolute atomic E-state index is 0.383. The molecule has 2 rings (SSSR count). The second-order valence-corrected chi connectivity index (χ2v) is 5.32. The molecule has 2 aliphatic rings. The highest BCUT2D eigenvalue weighted by atomic mass is 16.5. The minimum Gasteiger partial charge on any atom is -0.377 e. The van der Waals surface area contributed by atoms with Crippen molar-refractivity contribution >= 4 is 0 Å². The van der Waals surface area contributed by atoms with Gasteiger partial charge in [0.1, 0.15) is 0 Å². The van der Waals surface area contributed by atoms with Gasteiger partial charge in [0.25, 0.3) is 0 Å². The van der Waals surface area contributed by atoms with Gasteiger partial charge >= 0.3 is 0 Å². The predicted molar refractivity (Wildman–Crippen MR) is 66.5 cm³/mol. The van der Waals surface area contributed by atoms with E-state index in [1.165, 1.54) is 51.6 Å². The van der Waals surface area contributed by atoms with E-state index in [4.69, 9.17) is 10.5 Å². The zero-order valence-electron chi connectivity index (χ0n) is 10.4. The zero-order valence-corrected chi connectivity index (χ0v) is 10.4. The van der Waals surface area contributed by atoms with Gasteiger partial charge in [-0.15, -0.1) is 0 Å². The van der Waals surface area contributed by atoms with E-state index in [9.17, 15) is 0 Å². The zero-order chi connectivity index (χ0) is 11.2. The summed E-state index contributed by atoms with van der Waals surface area (Å²) in [4.78, 5) is 2.53. The third-order valence-corrected chi connectivity index (χ3v) is 3.88. The molecule has 0 spiro atoms.